The van der Waals surface area contributed by atoms with Crippen molar-refractivity contribution < 1.29 is 4.79 Å². The Morgan fingerprint density at radius 3 is 2.50 bits per heavy atom. The first-order valence-corrected chi connectivity index (χ1v) is 9.41. The van der Waals surface area contributed by atoms with E-state index in [1.807, 2.05) is 17.6 Å². The van der Waals surface area contributed by atoms with E-state index in [1.54, 1.807) is 6.33 Å². The summed E-state index contributed by atoms with van der Waals surface area (Å²) in [5.41, 5.74) is 1.62. The van der Waals surface area contributed by atoms with Gasteiger partial charge in [0.05, 0.1) is 6.54 Å². The average Bonchev–Trinajstić information content (AvgIpc) is 2.99. The van der Waals surface area contributed by atoms with E-state index in [9.17, 15) is 4.79 Å². The molecule has 0 spiro atoms. The molecule has 1 amide bonds. The fourth-order valence-corrected chi connectivity index (χ4v) is 5.84. The van der Waals surface area contributed by atoms with Gasteiger partial charge in [0.25, 0.3) is 0 Å². The summed E-state index contributed by atoms with van der Waals surface area (Å²) >= 11 is 0. The number of hydrogen-bond acceptors (Lipinski definition) is 3. The fraction of sp³-hybridized carbons (Fsp3) is 0.737. The fourth-order valence-electron chi connectivity index (χ4n) is 5.84. The predicted molar refractivity (Wildman–Crippen MR) is 91.9 cm³/mol. The number of carbonyl (C=O) groups is 1. The minimum Gasteiger partial charge on any atom is -0.345 e. The van der Waals surface area contributed by atoms with Crippen LogP contribution >= 0.6 is 0 Å². The van der Waals surface area contributed by atoms with Crippen LogP contribution in [0.4, 0.5) is 0 Å². The van der Waals surface area contributed by atoms with Gasteiger partial charge in [-0.3, -0.25) is 4.79 Å². The number of amides is 1. The SMILES string of the molecule is CCn1cnnc1CNC(=O)C=C(C)C12CC3CC(CC(C3)C1)C2. The van der Waals surface area contributed by atoms with E-state index in [1.165, 1.54) is 44.1 Å². The molecule has 5 nitrogen and oxygen atoms in total. The second-order valence-corrected chi connectivity index (χ2v) is 8.28. The van der Waals surface area contributed by atoms with Crippen LogP contribution in [0.5, 0.6) is 0 Å². The Balaban J connectivity index is 1.42. The van der Waals surface area contributed by atoms with Crippen molar-refractivity contribution in [2.45, 2.75) is 65.5 Å². The van der Waals surface area contributed by atoms with Gasteiger partial charge in [0, 0.05) is 12.6 Å². The van der Waals surface area contributed by atoms with E-state index in [0.717, 1.165) is 30.1 Å². The van der Waals surface area contributed by atoms with Gasteiger partial charge in [-0.25, -0.2) is 0 Å². The van der Waals surface area contributed by atoms with Gasteiger partial charge in [0.2, 0.25) is 5.91 Å². The molecule has 4 aliphatic carbocycles. The molecule has 4 aliphatic rings. The van der Waals surface area contributed by atoms with Gasteiger partial charge in [0.1, 0.15) is 6.33 Å². The molecule has 130 valence electrons. The summed E-state index contributed by atoms with van der Waals surface area (Å²) in [7, 11) is 0. The molecule has 24 heavy (non-hydrogen) atoms. The van der Waals surface area contributed by atoms with Crippen LogP contribution < -0.4 is 5.32 Å². The molecule has 0 unspecified atom stereocenters. The minimum absolute atomic E-state index is 0.00824. The molecule has 5 rings (SSSR count). The van der Waals surface area contributed by atoms with Gasteiger partial charge in [-0.2, -0.15) is 0 Å². The molecule has 4 saturated carbocycles. The molecular formula is C19H28N4O. The molecule has 1 heterocycles. The summed E-state index contributed by atoms with van der Waals surface area (Å²) < 4.78 is 1.95. The zero-order valence-electron chi connectivity index (χ0n) is 14.8. The lowest BCUT2D eigenvalue weighted by molar-refractivity contribution is -0.117. The number of rotatable bonds is 5. The summed E-state index contributed by atoms with van der Waals surface area (Å²) in [6.45, 7) is 5.49. The molecule has 5 heteroatoms. The summed E-state index contributed by atoms with van der Waals surface area (Å²) in [6, 6.07) is 0. The highest BCUT2D eigenvalue weighted by molar-refractivity contribution is 5.88. The van der Waals surface area contributed by atoms with Crippen LogP contribution in [0.1, 0.15) is 58.2 Å². The Kier molecular flexibility index (Phi) is 3.97. The van der Waals surface area contributed by atoms with Crippen LogP contribution in [-0.4, -0.2) is 20.7 Å². The Morgan fingerprint density at radius 1 is 1.29 bits per heavy atom. The first kappa shape index (κ1) is 15.9. The minimum atomic E-state index is 0.00824. The second kappa shape index (κ2) is 6.01. The van der Waals surface area contributed by atoms with Gasteiger partial charge in [-0.15, -0.1) is 10.2 Å². The number of aryl methyl sites for hydroxylation is 1. The van der Waals surface area contributed by atoms with Crippen LogP contribution in [0.2, 0.25) is 0 Å². The summed E-state index contributed by atoms with van der Waals surface area (Å²) in [5.74, 6) is 3.54. The summed E-state index contributed by atoms with van der Waals surface area (Å²) in [5, 5.41) is 11.0. The van der Waals surface area contributed by atoms with E-state index in [-0.39, 0.29) is 5.91 Å². The molecule has 0 aliphatic heterocycles. The van der Waals surface area contributed by atoms with Crippen LogP contribution in [0.15, 0.2) is 18.0 Å². The van der Waals surface area contributed by atoms with Crippen molar-refractivity contribution in [1.82, 2.24) is 20.1 Å². The number of nitrogens with one attached hydrogen (secondary N) is 1. The van der Waals surface area contributed by atoms with Gasteiger partial charge >= 0.3 is 0 Å². The summed E-state index contributed by atoms with van der Waals surface area (Å²) in [4.78, 5) is 12.4. The van der Waals surface area contributed by atoms with Gasteiger partial charge < -0.3 is 9.88 Å². The highest BCUT2D eigenvalue weighted by Gasteiger charge is 2.51. The normalized spacial score (nSPS) is 34.6. The third-order valence-electron chi connectivity index (χ3n) is 6.68. The Bertz CT molecular complexity index is 625. The van der Waals surface area contributed by atoms with Crippen molar-refractivity contribution in [2.75, 3.05) is 0 Å². The van der Waals surface area contributed by atoms with E-state index in [2.05, 4.69) is 22.4 Å². The van der Waals surface area contributed by atoms with E-state index >= 15 is 0 Å². The molecular weight excluding hydrogens is 300 g/mol. The van der Waals surface area contributed by atoms with Gasteiger partial charge in [-0.1, -0.05) is 5.57 Å². The monoisotopic (exact) mass is 328 g/mol. The number of nitrogens with zero attached hydrogens (tertiary/aromatic N) is 3. The van der Waals surface area contributed by atoms with Gasteiger partial charge in [-0.05, 0) is 75.5 Å². The van der Waals surface area contributed by atoms with Crippen LogP contribution in [0.25, 0.3) is 0 Å². The van der Waals surface area contributed by atoms with Crippen LogP contribution in [-0.2, 0) is 17.9 Å². The first-order chi connectivity index (χ1) is 11.6. The topological polar surface area (TPSA) is 59.8 Å². The van der Waals surface area contributed by atoms with Gasteiger partial charge in [0.15, 0.2) is 5.82 Å². The number of allylic oxidation sites excluding steroid dienone is 1. The lowest BCUT2D eigenvalue weighted by atomic mass is 9.48. The number of carbonyl (C=O) groups excluding carboxylic acids is 1. The maximum absolute atomic E-state index is 12.4. The standard InChI is InChI=1S/C19H28N4O/c1-3-23-12-21-22-17(23)11-20-18(24)4-13(2)19-8-14-5-15(9-19)7-16(6-14)10-19/h4,12,14-16H,3,5-11H2,1-2H3,(H,20,24). The number of aromatic nitrogens is 3. The van der Waals surface area contributed by atoms with Crippen molar-refractivity contribution in [2.24, 2.45) is 23.2 Å². The van der Waals surface area contributed by atoms with Crippen molar-refractivity contribution in [3.05, 3.63) is 23.8 Å². The highest BCUT2D eigenvalue weighted by Crippen LogP contribution is 2.62. The maximum Gasteiger partial charge on any atom is 0.244 e. The zero-order chi connectivity index (χ0) is 16.7. The van der Waals surface area contributed by atoms with Crippen molar-refractivity contribution in [1.29, 1.82) is 0 Å². The molecule has 0 radical (unpaired) electrons. The van der Waals surface area contributed by atoms with Crippen LogP contribution in [0.3, 0.4) is 0 Å². The maximum atomic E-state index is 12.4. The third kappa shape index (κ3) is 2.78. The average molecular weight is 328 g/mol. The van der Waals surface area contributed by atoms with E-state index in [4.69, 9.17) is 0 Å². The highest BCUT2D eigenvalue weighted by atomic mass is 16.1. The van der Waals surface area contributed by atoms with Crippen molar-refractivity contribution in [3.63, 3.8) is 0 Å². The predicted octanol–water partition coefficient (Wildman–Crippen LogP) is 3.08. The van der Waals surface area contributed by atoms with Crippen LogP contribution in [0, 0.1) is 23.2 Å². The quantitative estimate of drug-likeness (QED) is 0.845. The molecule has 1 aromatic heterocycles. The molecule has 0 aromatic carbocycles. The third-order valence-corrected chi connectivity index (χ3v) is 6.68. The summed E-state index contributed by atoms with van der Waals surface area (Å²) in [6.07, 6.45) is 11.8. The van der Waals surface area contributed by atoms with E-state index in [0.29, 0.717) is 12.0 Å². The largest absolute Gasteiger partial charge is 0.345 e. The Morgan fingerprint density at radius 2 is 1.92 bits per heavy atom. The molecule has 4 bridgehead atoms. The Hall–Kier alpha value is -1.65. The Labute approximate surface area is 143 Å². The lowest BCUT2D eigenvalue weighted by Gasteiger charge is -2.57. The number of hydrogen-bond donors (Lipinski definition) is 1. The first-order valence-electron chi connectivity index (χ1n) is 9.41. The molecule has 1 N–H and O–H groups in total. The second-order valence-electron chi connectivity index (χ2n) is 8.28. The van der Waals surface area contributed by atoms with E-state index < -0.39 is 0 Å². The molecule has 1 aromatic rings. The smallest absolute Gasteiger partial charge is 0.244 e. The zero-order valence-corrected chi connectivity index (χ0v) is 14.8. The molecule has 4 fully saturated rings. The molecule has 0 atom stereocenters. The van der Waals surface area contributed by atoms with Crippen molar-refractivity contribution in [3.8, 4) is 0 Å². The molecule has 0 saturated heterocycles. The van der Waals surface area contributed by atoms with Crippen molar-refractivity contribution >= 4 is 5.91 Å². The lowest BCUT2D eigenvalue weighted by Crippen LogP contribution is -2.46.